The molecule has 8 heteroatoms. The van der Waals surface area contributed by atoms with Crippen LogP contribution in [-0.4, -0.2) is 37.5 Å². The predicted molar refractivity (Wildman–Crippen MR) is 106 cm³/mol. The van der Waals surface area contributed by atoms with E-state index in [-0.39, 0.29) is 5.91 Å². The average Bonchev–Trinajstić information content (AvgIpc) is 3.26. The number of hydrogen-bond donors (Lipinski definition) is 0. The molecule has 0 saturated carbocycles. The summed E-state index contributed by atoms with van der Waals surface area (Å²) >= 11 is 2.72. The molecule has 0 radical (unpaired) electrons. The van der Waals surface area contributed by atoms with E-state index in [1.165, 1.54) is 23.1 Å². The Bertz CT molecular complexity index is 1040. The molecule has 6 nitrogen and oxygen atoms in total. The molecule has 1 aliphatic rings. The summed E-state index contributed by atoms with van der Waals surface area (Å²) in [6, 6.07) is 7.63. The van der Waals surface area contributed by atoms with Crippen LogP contribution in [-0.2, 0) is 4.79 Å². The van der Waals surface area contributed by atoms with E-state index in [1.807, 2.05) is 29.6 Å². The summed E-state index contributed by atoms with van der Waals surface area (Å²) in [5, 5.41) is 3.05. The van der Waals surface area contributed by atoms with Gasteiger partial charge in [-0.2, -0.15) is 4.99 Å². The summed E-state index contributed by atoms with van der Waals surface area (Å²) in [5.41, 5.74) is 2.24. The Kier molecular flexibility index (Phi) is 4.59. The summed E-state index contributed by atoms with van der Waals surface area (Å²) in [5.74, 6) is -0.125. The zero-order valence-corrected chi connectivity index (χ0v) is 15.2. The number of benzene rings is 1. The molecule has 128 valence electrons. The van der Waals surface area contributed by atoms with Crippen molar-refractivity contribution in [2.45, 2.75) is 0 Å². The van der Waals surface area contributed by atoms with Crippen molar-refractivity contribution in [3.05, 3.63) is 65.3 Å². The normalized spacial score (nSPS) is 17.5. The Hall–Kier alpha value is -2.84. The number of hydrogen-bond acceptors (Lipinski definition) is 7. The van der Waals surface area contributed by atoms with Crippen LogP contribution in [0, 0.1) is 0 Å². The Morgan fingerprint density at radius 1 is 1.23 bits per heavy atom. The van der Waals surface area contributed by atoms with E-state index >= 15 is 0 Å². The molecule has 1 amide bonds. The molecule has 2 aromatic heterocycles. The third-order valence-electron chi connectivity index (χ3n) is 3.56. The summed E-state index contributed by atoms with van der Waals surface area (Å²) < 4.78 is 0. The molecule has 3 heterocycles. The number of carbonyl (C=O) groups excluding carboxylic acids is 1. The zero-order valence-electron chi connectivity index (χ0n) is 13.6. The minimum Gasteiger partial charge on any atom is -0.282 e. The third-order valence-corrected chi connectivity index (χ3v) is 5.23. The molecule has 0 atom stereocenters. The lowest BCUT2D eigenvalue weighted by Gasteiger charge is -2.11. The largest absolute Gasteiger partial charge is 0.282 e. The Balaban J connectivity index is 1.70. The van der Waals surface area contributed by atoms with Gasteiger partial charge in [0, 0.05) is 18.1 Å². The van der Waals surface area contributed by atoms with E-state index in [0.717, 1.165) is 11.0 Å². The van der Waals surface area contributed by atoms with Gasteiger partial charge in [0.2, 0.25) is 5.13 Å². The maximum atomic E-state index is 12.7. The minimum atomic E-state index is -0.125. The molecule has 1 saturated heterocycles. The van der Waals surface area contributed by atoms with Crippen molar-refractivity contribution in [1.29, 1.82) is 0 Å². The first-order chi connectivity index (χ1) is 12.7. The molecule has 0 unspecified atom stereocenters. The number of fused-ring (bicyclic) bond motifs is 1. The summed E-state index contributed by atoms with van der Waals surface area (Å²) in [6.07, 6.45) is 6.77. The van der Waals surface area contributed by atoms with Crippen LogP contribution in [0.15, 0.2) is 64.6 Å². The first-order valence-electron chi connectivity index (χ1n) is 7.77. The SMILES string of the molecule is C=CCN1C(=O)/C(=C/c2cnc3ccccc3n2)S/C1=N/c1nccs1. The molecule has 4 rings (SSSR count). The molecule has 0 aliphatic carbocycles. The molecular weight excluding hydrogens is 366 g/mol. The highest BCUT2D eigenvalue weighted by atomic mass is 32.2. The quantitative estimate of drug-likeness (QED) is 0.508. The number of para-hydroxylation sites is 2. The van der Waals surface area contributed by atoms with Crippen LogP contribution in [0.4, 0.5) is 5.13 Å². The predicted octanol–water partition coefficient (Wildman–Crippen LogP) is 3.88. The van der Waals surface area contributed by atoms with Crippen LogP contribution in [0.25, 0.3) is 17.1 Å². The first-order valence-corrected chi connectivity index (χ1v) is 9.46. The number of aliphatic imine (C=N–C) groups is 1. The van der Waals surface area contributed by atoms with Gasteiger partial charge >= 0.3 is 0 Å². The zero-order chi connectivity index (χ0) is 17.9. The van der Waals surface area contributed by atoms with Gasteiger partial charge in [-0.15, -0.1) is 17.9 Å². The molecule has 0 N–H and O–H groups in total. The van der Waals surface area contributed by atoms with Gasteiger partial charge in [0.05, 0.1) is 27.8 Å². The molecule has 3 aromatic rings. The van der Waals surface area contributed by atoms with Crippen molar-refractivity contribution in [3.8, 4) is 0 Å². The van der Waals surface area contributed by atoms with E-state index in [4.69, 9.17) is 0 Å². The second kappa shape index (κ2) is 7.19. The fourth-order valence-corrected chi connectivity index (χ4v) is 3.95. The lowest BCUT2D eigenvalue weighted by molar-refractivity contribution is -0.121. The smallest absolute Gasteiger partial charge is 0.267 e. The number of thioether (sulfide) groups is 1. The highest BCUT2D eigenvalue weighted by molar-refractivity contribution is 8.18. The second-order valence-electron chi connectivity index (χ2n) is 5.31. The highest BCUT2D eigenvalue weighted by Crippen LogP contribution is 2.34. The second-order valence-corrected chi connectivity index (χ2v) is 7.19. The van der Waals surface area contributed by atoms with E-state index in [9.17, 15) is 4.79 Å². The Labute approximate surface area is 158 Å². The van der Waals surface area contributed by atoms with Gasteiger partial charge in [-0.05, 0) is 30.0 Å². The van der Waals surface area contributed by atoms with E-state index in [0.29, 0.717) is 27.4 Å². The van der Waals surface area contributed by atoms with Crippen molar-refractivity contribution < 1.29 is 4.79 Å². The standard InChI is InChI=1S/C18H13N5OS2/c1-2-8-23-16(24)15(26-18(23)22-17-19-7-9-25-17)10-12-11-20-13-5-3-4-6-14(13)21-12/h2-7,9-11H,1,8H2/b15-10-,22-18+. The van der Waals surface area contributed by atoms with E-state index in [2.05, 4.69) is 26.5 Å². The van der Waals surface area contributed by atoms with Crippen LogP contribution in [0.5, 0.6) is 0 Å². The van der Waals surface area contributed by atoms with Gasteiger partial charge in [0.15, 0.2) is 5.17 Å². The van der Waals surface area contributed by atoms with Crippen LogP contribution < -0.4 is 0 Å². The maximum absolute atomic E-state index is 12.7. The van der Waals surface area contributed by atoms with Crippen molar-refractivity contribution >= 4 is 56.4 Å². The van der Waals surface area contributed by atoms with Crippen molar-refractivity contribution in [1.82, 2.24) is 19.9 Å². The topological polar surface area (TPSA) is 71.3 Å². The third kappa shape index (κ3) is 3.29. The fourth-order valence-electron chi connectivity index (χ4n) is 2.41. The van der Waals surface area contributed by atoms with E-state index in [1.54, 1.807) is 29.4 Å². The summed E-state index contributed by atoms with van der Waals surface area (Å²) in [7, 11) is 0. The number of aromatic nitrogens is 3. The number of amides is 1. The lowest BCUT2D eigenvalue weighted by Crippen LogP contribution is -2.29. The van der Waals surface area contributed by atoms with Gasteiger partial charge in [0.25, 0.3) is 5.91 Å². The van der Waals surface area contributed by atoms with Crippen LogP contribution in [0.2, 0.25) is 0 Å². The van der Waals surface area contributed by atoms with Crippen LogP contribution in [0.3, 0.4) is 0 Å². The van der Waals surface area contributed by atoms with Gasteiger partial charge in [-0.25, -0.2) is 9.97 Å². The van der Waals surface area contributed by atoms with Gasteiger partial charge in [-0.1, -0.05) is 18.2 Å². The van der Waals surface area contributed by atoms with Crippen molar-refractivity contribution in [3.63, 3.8) is 0 Å². The number of carbonyl (C=O) groups is 1. The molecular formula is C18H13N5OS2. The molecule has 1 aromatic carbocycles. The van der Waals surface area contributed by atoms with Gasteiger partial charge in [-0.3, -0.25) is 14.7 Å². The summed E-state index contributed by atoms with van der Waals surface area (Å²) in [4.78, 5) is 32.4. The van der Waals surface area contributed by atoms with Crippen molar-refractivity contribution in [2.24, 2.45) is 4.99 Å². The molecule has 1 aliphatic heterocycles. The molecule has 0 bridgehead atoms. The van der Waals surface area contributed by atoms with Crippen molar-refractivity contribution in [2.75, 3.05) is 6.54 Å². The minimum absolute atomic E-state index is 0.125. The Morgan fingerprint density at radius 3 is 2.85 bits per heavy atom. The number of rotatable bonds is 4. The average molecular weight is 379 g/mol. The first kappa shape index (κ1) is 16.6. The highest BCUT2D eigenvalue weighted by Gasteiger charge is 2.33. The lowest BCUT2D eigenvalue weighted by atomic mass is 10.3. The molecule has 26 heavy (non-hydrogen) atoms. The molecule has 1 fully saturated rings. The number of nitrogens with zero attached hydrogens (tertiary/aromatic N) is 5. The summed E-state index contributed by atoms with van der Waals surface area (Å²) in [6.45, 7) is 4.11. The van der Waals surface area contributed by atoms with Crippen LogP contribution in [0.1, 0.15) is 5.69 Å². The van der Waals surface area contributed by atoms with Gasteiger partial charge < -0.3 is 0 Å². The Morgan fingerprint density at radius 2 is 2.08 bits per heavy atom. The van der Waals surface area contributed by atoms with Gasteiger partial charge in [0.1, 0.15) is 0 Å². The monoisotopic (exact) mass is 379 g/mol. The number of thiazole rings is 1. The maximum Gasteiger partial charge on any atom is 0.267 e. The number of amidine groups is 1. The fraction of sp³-hybridized carbons (Fsp3) is 0.0556. The molecule has 0 spiro atoms. The van der Waals surface area contributed by atoms with E-state index < -0.39 is 0 Å². The van der Waals surface area contributed by atoms with Crippen LogP contribution >= 0.6 is 23.1 Å².